The molecule has 0 spiro atoms. The molecule has 1 atom stereocenters. The zero-order valence-corrected chi connectivity index (χ0v) is 10.2. The van der Waals surface area contributed by atoms with Crippen LogP contribution < -0.4 is 0 Å². The summed E-state index contributed by atoms with van der Waals surface area (Å²) in [4.78, 5) is 2.41. The number of hydrogen-bond acceptors (Lipinski definition) is 3. The van der Waals surface area contributed by atoms with E-state index in [4.69, 9.17) is 0 Å². The summed E-state index contributed by atoms with van der Waals surface area (Å²) < 4.78 is 25.3. The van der Waals surface area contributed by atoms with Crippen LogP contribution in [-0.2, 0) is 10.0 Å². The van der Waals surface area contributed by atoms with Crippen molar-refractivity contribution in [1.82, 2.24) is 9.21 Å². The van der Waals surface area contributed by atoms with E-state index in [1.165, 1.54) is 0 Å². The fourth-order valence-electron chi connectivity index (χ4n) is 2.36. The predicted molar refractivity (Wildman–Crippen MR) is 60.2 cm³/mol. The summed E-state index contributed by atoms with van der Waals surface area (Å²) in [6.07, 6.45) is 3.30. The van der Waals surface area contributed by atoms with Gasteiger partial charge in [-0.15, -0.1) is 0 Å². The summed E-state index contributed by atoms with van der Waals surface area (Å²) >= 11 is 0. The minimum atomic E-state index is -2.98. The molecule has 0 unspecified atom stereocenters. The molecule has 2 saturated heterocycles. The Morgan fingerprint density at radius 2 is 1.93 bits per heavy atom. The van der Waals surface area contributed by atoms with Crippen LogP contribution in [0.2, 0.25) is 0 Å². The largest absolute Gasteiger partial charge is 0.299 e. The van der Waals surface area contributed by atoms with Gasteiger partial charge in [0, 0.05) is 25.7 Å². The van der Waals surface area contributed by atoms with Crippen molar-refractivity contribution in [3.8, 4) is 0 Å². The number of rotatable bonds is 2. The monoisotopic (exact) mass is 232 g/mol. The van der Waals surface area contributed by atoms with Crippen molar-refractivity contribution >= 4 is 10.0 Å². The first-order chi connectivity index (χ1) is 7.13. The lowest BCUT2D eigenvalue weighted by atomic mass is 10.0. The Morgan fingerprint density at radius 1 is 1.20 bits per heavy atom. The average molecular weight is 232 g/mol. The second-order valence-corrected chi connectivity index (χ2v) is 6.70. The summed E-state index contributed by atoms with van der Waals surface area (Å²) in [5, 5.41) is 0. The minimum Gasteiger partial charge on any atom is -0.299 e. The van der Waals surface area contributed by atoms with Crippen molar-refractivity contribution in [3.63, 3.8) is 0 Å². The maximum absolute atomic E-state index is 11.8. The molecular formula is C10H20N2O2S. The van der Waals surface area contributed by atoms with Gasteiger partial charge in [0.2, 0.25) is 10.0 Å². The van der Waals surface area contributed by atoms with Gasteiger partial charge in [0.05, 0.1) is 5.75 Å². The highest BCUT2D eigenvalue weighted by Gasteiger charge is 2.33. The molecule has 88 valence electrons. The van der Waals surface area contributed by atoms with Crippen molar-refractivity contribution in [3.05, 3.63) is 0 Å². The van der Waals surface area contributed by atoms with Crippen molar-refractivity contribution in [1.29, 1.82) is 0 Å². The quantitative estimate of drug-likeness (QED) is 0.696. The van der Waals surface area contributed by atoms with Gasteiger partial charge in [0.1, 0.15) is 0 Å². The molecule has 0 aromatic rings. The second-order valence-electron chi connectivity index (χ2n) is 4.44. The van der Waals surface area contributed by atoms with Gasteiger partial charge in [0.25, 0.3) is 0 Å². The molecule has 5 heteroatoms. The Morgan fingerprint density at radius 3 is 2.53 bits per heavy atom. The van der Waals surface area contributed by atoms with Gasteiger partial charge in [-0.25, -0.2) is 12.7 Å². The molecular weight excluding hydrogens is 212 g/mol. The van der Waals surface area contributed by atoms with E-state index in [1.807, 2.05) is 0 Å². The molecule has 2 heterocycles. The first-order valence-corrected chi connectivity index (χ1v) is 7.46. The van der Waals surface area contributed by atoms with Gasteiger partial charge < -0.3 is 0 Å². The van der Waals surface area contributed by atoms with Crippen LogP contribution in [0.4, 0.5) is 0 Å². The van der Waals surface area contributed by atoms with E-state index in [-0.39, 0.29) is 5.75 Å². The van der Waals surface area contributed by atoms with E-state index in [9.17, 15) is 8.42 Å². The third-order valence-electron chi connectivity index (χ3n) is 3.54. The molecule has 0 radical (unpaired) electrons. The molecule has 0 aromatic heterocycles. The normalized spacial score (nSPS) is 30.1. The summed E-state index contributed by atoms with van der Waals surface area (Å²) in [6.45, 7) is 5.48. The SMILES string of the molecule is CCS(=O)(=O)N1CCCCN2CC[C@@H]2C1. The van der Waals surface area contributed by atoms with E-state index in [2.05, 4.69) is 4.90 Å². The lowest BCUT2D eigenvalue weighted by Gasteiger charge is -2.44. The Balaban J connectivity index is 2.04. The maximum atomic E-state index is 11.8. The van der Waals surface area contributed by atoms with Crippen LogP contribution in [0.25, 0.3) is 0 Å². The number of fused-ring (bicyclic) bond motifs is 1. The minimum absolute atomic E-state index is 0.236. The smallest absolute Gasteiger partial charge is 0.213 e. The summed E-state index contributed by atoms with van der Waals surface area (Å²) in [5.41, 5.74) is 0. The maximum Gasteiger partial charge on any atom is 0.213 e. The van der Waals surface area contributed by atoms with Crippen molar-refractivity contribution in [2.75, 3.05) is 31.9 Å². The molecule has 4 nitrogen and oxygen atoms in total. The van der Waals surface area contributed by atoms with Gasteiger partial charge in [-0.2, -0.15) is 0 Å². The summed E-state index contributed by atoms with van der Waals surface area (Å²) in [6, 6.07) is 0.492. The van der Waals surface area contributed by atoms with E-state index in [0.717, 1.165) is 45.4 Å². The molecule has 2 rings (SSSR count). The fraction of sp³-hybridized carbons (Fsp3) is 1.00. The van der Waals surface area contributed by atoms with Crippen molar-refractivity contribution < 1.29 is 8.42 Å². The van der Waals surface area contributed by atoms with E-state index in [0.29, 0.717) is 6.04 Å². The summed E-state index contributed by atoms with van der Waals surface area (Å²) in [5.74, 6) is 0.236. The highest BCUT2D eigenvalue weighted by atomic mass is 32.2. The molecule has 2 aliphatic heterocycles. The Bertz CT molecular complexity index is 315. The van der Waals surface area contributed by atoms with E-state index in [1.54, 1.807) is 11.2 Å². The topological polar surface area (TPSA) is 40.6 Å². The molecule has 0 amide bonds. The lowest BCUT2D eigenvalue weighted by molar-refractivity contribution is 0.0619. The highest BCUT2D eigenvalue weighted by Crippen LogP contribution is 2.22. The molecule has 0 saturated carbocycles. The Hall–Kier alpha value is -0.130. The predicted octanol–water partition coefficient (Wildman–Crippen LogP) is 0.506. The zero-order valence-electron chi connectivity index (χ0n) is 9.35. The van der Waals surface area contributed by atoms with Gasteiger partial charge in [0.15, 0.2) is 0 Å². The lowest BCUT2D eigenvalue weighted by Crippen LogP contribution is -2.56. The number of hydrogen-bond donors (Lipinski definition) is 0. The molecule has 0 N–H and O–H groups in total. The van der Waals surface area contributed by atoms with Crippen LogP contribution in [0.1, 0.15) is 26.2 Å². The third kappa shape index (κ3) is 2.34. The molecule has 15 heavy (non-hydrogen) atoms. The fourth-order valence-corrected chi connectivity index (χ4v) is 3.53. The van der Waals surface area contributed by atoms with Gasteiger partial charge in [-0.05, 0) is 32.7 Å². The second kappa shape index (κ2) is 4.39. The van der Waals surface area contributed by atoms with E-state index < -0.39 is 10.0 Å². The molecule has 2 aliphatic rings. The van der Waals surface area contributed by atoms with Crippen molar-refractivity contribution in [2.45, 2.75) is 32.2 Å². The molecule has 2 fully saturated rings. The van der Waals surface area contributed by atoms with Crippen LogP contribution in [0, 0.1) is 0 Å². The highest BCUT2D eigenvalue weighted by molar-refractivity contribution is 7.89. The molecule has 0 bridgehead atoms. The first-order valence-electron chi connectivity index (χ1n) is 5.85. The van der Waals surface area contributed by atoms with Crippen LogP contribution in [0.3, 0.4) is 0 Å². The van der Waals surface area contributed by atoms with E-state index >= 15 is 0 Å². The van der Waals surface area contributed by atoms with Gasteiger partial charge in [-0.3, -0.25) is 4.90 Å². The first kappa shape index (κ1) is 11.4. The summed E-state index contributed by atoms with van der Waals surface area (Å²) in [7, 11) is -2.98. The number of nitrogens with zero attached hydrogens (tertiary/aromatic N) is 2. The molecule has 0 aliphatic carbocycles. The van der Waals surface area contributed by atoms with Crippen LogP contribution in [0.5, 0.6) is 0 Å². The average Bonchev–Trinajstić information content (AvgIpc) is 2.17. The van der Waals surface area contributed by atoms with Gasteiger partial charge in [-0.1, -0.05) is 0 Å². The Kier molecular flexibility index (Phi) is 3.33. The van der Waals surface area contributed by atoms with Crippen molar-refractivity contribution in [2.24, 2.45) is 0 Å². The zero-order chi connectivity index (χ0) is 10.9. The molecule has 0 aromatic carbocycles. The Labute approximate surface area is 92.3 Å². The standard InChI is InChI=1S/C10H20N2O2S/c1-2-15(13,14)12-7-4-3-6-11-8-5-10(11)9-12/h10H,2-9H2,1H3/t10-/m1/s1. The van der Waals surface area contributed by atoms with Crippen LogP contribution in [-0.4, -0.2) is 55.6 Å². The van der Waals surface area contributed by atoms with Crippen LogP contribution in [0.15, 0.2) is 0 Å². The number of sulfonamides is 1. The van der Waals surface area contributed by atoms with Gasteiger partial charge >= 0.3 is 0 Å². The van der Waals surface area contributed by atoms with Crippen LogP contribution >= 0.6 is 0 Å². The third-order valence-corrected chi connectivity index (χ3v) is 5.39.